The molecule has 4 heteroatoms. The van der Waals surface area contributed by atoms with Crippen LogP contribution in [0.5, 0.6) is 0 Å². The minimum Gasteiger partial charge on any atom is -0.352 e. The molecule has 0 amide bonds. The normalized spacial score (nSPS) is 18.5. The first kappa shape index (κ1) is 18.2. The van der Waals surface area contributed by atoms with Crippen LogP contribution < -0.4 is 10.6 Å². The third-order valence-electron chi connectivity index (χ3n) is 5.10. The largest absolute Gasteiger partial charge is 0.352 e. The third kappa shape index (κ3) is 4.06. The van der Waals surface area contributed by atoms with E-state index in [1.165, 1.54) is 34.4 Å². The highest BCUT2D eigenvalue weighted by molar-refractivity contribution is 5.82. The number of nitrogens with zero attached hydrogens (tertiary/aromatic N) is 1. The molecule has 0 aromatic heterocycles. The predicted octanol–water partition coefficient (Wildman–Crippen LogP) is 4.97. The van der Waals surface area contributed by atoms with Crippen LogP contribution in [0.25, 0.3) is 0 Å². The summed E-state index contributed by atoms with van der Waals surface area (Å²) in [5, 5.41) is 6.89. The van der Waals surface area contributed by atoms with E-state index < -0.39 is 0 Å². The molecule has 0 spiro atoms. The van der Waals surface area contributed by atoms with Gasteiger partial charge in [0.2, 0.25) is 0 Å². The quantitative estimate of drug-likeness (QED) is 0.677. The van der Waals surface area contributed by atoms with Gasteiger partial charge >= 0.3 is 0 Å². The lowest BCUT2D eigenvalue weighted by Crippen LogP contribution is -2.35. The van der Waals surface area contributed by atoms with Crippen molar-refractivity contribution in [2.75, 3.05) is 0 Å². The molecule has 1 aliphatic heterocycles. The maximum Gasteiger partial charge on any atom is 0.192 e. The maximum atomic E-state index is 13.1. The van der Waals surface area contributed by atoms with Crippen molar-refractivity contribution in [1.29, 1.82) is 0 Å². The molecule has 0 bridgehead atoms. The van der Waals surface area contributed by atoms with Crippen LogP contribution in [0.4, 0.5) is 4.39 Å². The van der Waals surface area contributed by atoms with Crippen molar-refractivity contribution in [2.45, 2.75) is 32.5 Å². The molecule has 142 valence electrons. The van der Waals surface area contributed by atoms with Gasteiger partial charge in [-0.15, -0.1) is 0 Å². The van der Waals surface area contributed by atoms with Crippen molar-refractivity contribution in [3.8, 4) is 0 Å². The summed E-state index contributed by atoms with van der Waals surface area (Å²) < 4.78 is 13.1. The van der Waals surface area contributed by atoms with Crippen molar-refractivity contribution in [3.63, 3.8) is 0 Å². The molecule has 1 heterocycles. The lowest BCUT2D eigenvalue weighted by atomic mass is 9.94. The highest BCUT2D eigenvalue weighted by Gasteiger charge is 2.31. The summed E-state index contributed by atoms with van der Waals surface area (Å²) in [5.41, 5.74) is 5.88. The topological polar surface area (TPSA) is 36.4 Å². The average molecular weight is 373 g/mol. The van der Waals surface area contributed by atoms with E-state index in [2.05, 4.69) is 73.0 Å². The smallest absolute Gasteiger partial charge is 0.192 e. The monoisotopic (exact) mass is 373 g/mol. The number of nitrogens with one attached hydrogen (secondary N) is 2. The van der Waals surface area contributed by atoms with Gasteiger partial charge in [-0.05, 0) is 42.7 Å². The van der Waals surface area contributed by atoms with Gasteiger partial charge in [-0.1, -0.05) is 71.8 Å². The summed E-state index contributed by atoms with van der Waals surface area (Å²) in [7, 11) is 0. The van der Waals surface area contributed by atoms with Crippen LogP contribution in [0.2, 0.25) is 0 Å². The Morgan fingerprint density at radius 3 is 2.00 bits per heavy atom. The number of aliphatic imine (C=N–C) groups is 1. The van der Waals surface area contributed by atoms with Crippen LogP contribution in [-0.2, 0) is 6.54 Å². The SMILES string of the molecule is Cc1ccc(C2NC(NCc3ccc(F)cc3)=N[C@H]2c2ccc(C)cc2)cc1. The van der Waals surface area contributed by atoms with Gasteiger partial charge in [-0.25, -0.2) is 9.38 Å². The second-order valence-electron chi connectivity index (χ2n) is 7.35. The fourth-order valence-corrected chi connectivity index (χ4v) is 3.43. The molecule has 0 saturated carbocycles. The fourth-order valence-electron chi connectivity index (χ4n) is 3.43. The van der Waals surface area contributed by atoms with Crippen LogP contribution >= 0.6 is 0 Å². The molecule has 3 aromatic rings. The Morgan fingerprint density at radius 1 is 0.821 bits per heavy atom. The molecule has 3 nitrogen and oxygen atoms in total. The van der Waals surface area contributed by atoms with Crippen molar-refractivity contribution in [3.05, 3.63) is 106 Å². The first-order chi connectivity index (χ1) is 13.6. The van der Waals surface area contributed by atoms with Gasteiger partial charge in [0.25, 0.3) is 0 Å². The van der Waals surface area contributed by atoms with Gasteiger partial charge in [0.05, 0.1) is 6.04 Å². The highest BCUT2D eigenvalue weighted by atomic mass is 19.1. The first-order valence-corrected chi connectivity index (χ1v) is 9.54. The summed E-state index contributed by atoms with van der Waals surface area (Å²) in [6.45, 7) is 4.77. The Bertz CT molecular complexity index is 960. The minimum absolute atomic E-state index is 0.000904. The van der Waals surface area contributed by atoms with Gasteiger partial charge in [0, 0.05) is 6.54 Å². The van der Waals surface area contributed by atoms with E-state index in [9.17, 15) is 4.39 Å². The minimum atomic E-state index is -0.223. The predicted molar refractivity (Wildman–Crippen MR) is 112 cm³/mol. The molecule has 0 aliphatic carbocycles. The Hall–Kier alpha value is -3.14. The van der Waals surface area contributed by atoms with Crippen LogP contribution in [0, 0.1) is 19.7 Å². The Balaban J connectivity index is 1.57. The second kappa shape index (κ2) is 7.85. The average Bonchev–Trinajstić information content (AvgIpc) is 3.13. The van der Waals surface area contributed by atoms with E-state index >= 15 is 0 Å². The van der Waals surface area contributed by atoms with E-state index in [1.807, 2.05) is 0 Å². The zero-order chi connectivity index (χ0) is 19.5. The summed E-state index contributed by atoms with van der Waals surface area (Å²) >= 11 is 0. The zero-order valence-corrected chi connectivity index (χ0v) is 16.1. The molecule has 0 saturated heterocycles. The number of aryl methyl sites for hydroxylation is 2. The Kier molecular flexibility index (Phi) is 5.11. The lowest BCUT2D eigenvalue weighted by Gasteiger charge is -2.20. The number of guanidine groups is 1. The molecule has 1 aliphatic rings. The van der Waals surface area contributed by atoms with Crippen molar-refractivity contribution in [1.82, 2.24) is 10.6 Å². The molecule has 4 rings (SSSR count). The third-order valence-corrected chi connectivity index (χ3v) is 5.10. The van der Waals surface area contributed by atoms with Crippen molar-refractivity contribution >= 4 is 5.96 Å². The first-order valence-electron chi connectivity index (χ1n) is 9.54. The number of hydrogen-bond acceptors (Lipinski definition) is 3. The van der Waals surface area contributed by atoms with E-state index in [4.69, 9.17) is 4.99 Å². The molecule has 0 fully saturated rings. The van der Waals surface area contributed by atoms with Gasteiger partial charge in [-0.2, -0.15) is 0 Å². The number of hydrogen-bond donors (Lipinski definition) is 2. The molecule has 0 radical (unpaired) electrons. The molecule has 3 aromatic carbocycles. The molecular formula is C24H24FN3. The molecule has 28 heavy (non-hydrogen) atoms. The summed E-state index contributed by atoms with van der Waals surface area (Å²) in [6.07, 6.45) is 0. The van der Waals surface area contributed by atoms with E-state index in [-0.39, 0.29) is 17.9 Å². The molecule has 1 unspecified atom stereocenters. The maximum absolute atomic E-state index is 13.1. The van der Waals surface area contributed by atoms with Crippen LogP contribution in [0.15, 0.2) is 77.8 Å². The second-order valence-corrected chi connectivity index (χ2v) is 7.35. The summed E-state index contributed by atoms with van der Waals surface area (Å²) in [4.78, 5) is 4.92. The standard InChI is InChI=1S/C24H24FN3/c1-16-3-9-19(10-4-16)22-23(20-11-5-17(2)6-12-20)28-24(27-22)26-15-18-7-13-21(25)14-8-18/h3-14,22-23H,15H2,1-2H3,(H2,26,27,28)/t22-,23?/m0/s1. The van der Waals surface area contributed by atoms with E-state index in [1.54, 1.807) is 12.1 Å². The van der Waals surface area contributed by atoms with E-state index in [0.717, 1.165) is 11.5 Å². The molecule has 2 atom stereocenters. The zero-order valence-electron chi connectivity index (χ0n) is 16.1. The number of halogens is 1. The highest BCUT2D eigenvalue weighted by Crippen LogP contribution is 2.36. The van der Waals surface area contributed by atoms with Crippen LogP contribution in [0.3, 0.4) is 0 Å². The number of rotatable bonds is 4. The number of benzene rings is 3. The van der Waals surface area contributed by atoms with Crippen molar-refractivity contribution < 1.29 is 4.39 Å². The van der Waals surface area contributed by atoms with Crippen LogP contribution in [0.1, 0.15) is 39.9 Å². The summed E-state index contributed by atoms with van der Waals surface area (Å²) in [5.74, 6) is 0.541. The van der Waals surface area contributed by atoms with E-state index in [0.29, 0.717) is 6.54 Å². The van der Waals surface area contributed by atoms with Crippen molar-refractivity contribution in [2.24, 2.45) is 4.99 Å². The Morgan fingerprint density at radius 2 is 1.39 bits per heavy atom. The van der Waals surface area contributed by atoms with Gasteiger partial charge in [0.1, 0.15) is 11.9 Å². The van der Waals surface area contributed by atoms with Gasteiger partial charge in [0.15, 0.2) is 5.96 Å². The van der Waals surface area contributed by atoms with Crippen LogP contribution in [-0.4, -0.2) is 5.96 Å². The molecular weight excluding hydrogens is 349 g/mol. The lowest BCUT2D eigenvalue weighted by molar-refractivity contribution is 0.570. The summed E-state index contributed by atoms with van der Waals surface area (Å²) in [6, 6.07) is 23.7. The van der Waals surface area contributed by atoms with Gasteiger partial charge in [-0.3, -0.25) is 0 Å². The fraction of sp³-hybridized carbons (Fsp3) is 0.208. The van der Waals surface area contributed by atoms with Gasteiger partial charge < -0.3 is 10.6 Å². The Labute approximate surface area is 165 Å². The molecule has 2 N–H and O–H groups in total.